The Labute approximate surface area is 113 Å². The van der Waals surface area contributed by atoms with E-state index in [1.54, 1.807) is 24.3 Å². The zero-order valence-corrected chi connectivity index (χ0v) is 11.6. The number of ketones is 1. The second-order valence-electron chi connectivity index (χ2n) is 4.65. The van der Waals surface area contributed by atoms with E-state index in [9.17, 15) is 13.2 Å². The molecule has 1 aromatic rings. The Hall–Kier alpha value is -1.40. The number of carbonyl (C=O) groups is 1. The molecule has 0 spiro atoms. The first-order valence-corrected chi connectivity index (χ1v) is 7.84. The quantitative estimate of drug-likeness (QED) is 0.836. The number of sulfonamides is 1. The molecule has 19 heavy (non-hydrogen) atoms. The topological polar surface area (TPSA) is 72.5 Å². The molecular formula is C13H17NO4S. The molecule has 1 fully saturated rings. The van der Waals surface area contributed by atoms with Crippen LogP contribution in [-0.4, -0.2) is 32.7 Å². The van der Waals surface area contributed by atoms with Crippen molar-refractivity contribution in [2.45, 2.75) is 25.9 Å². The predicted molar refractivity (Wildman–Crippen MR) is 72.8 cm³/mol. The third kappa shape index (κ3) is 4.04. The van der Waals surface area contributed by atoms with Crippen molar-refractivity contribution in [3.05, 3.63) is 29.8 Å². The van der Waals surface area contributed by atoms with Crippen molar-refractivity contribution < 1.29 is 17.9 Å². The highest BCUT2D eigenvalue weighted by Crippen LogP contribution is 2.16. The van der Waals surface area contributed by atoms with E-state index in [4.69, 9.17) is 4.74 Å². The molecular weight excluding hydrogens is 266 g/mol. The lowest BCUT2D eigenvalue weighted by Crippen LogP contribution is -2.25. The van der Waals surface area contributed by atoms with Gasteiger partial charge in [-0.3, -0.25) is 9.52 Å². The number of nitrogens with one attached hydrogen (secondary N) is 1. The van der Waals surface area contributed by atoms with Gasteiger partial charge in [0.25, 0.3) is 0 Å². The van der Waals surface area contributed by atoms with Gasteiger partial charge < -0.3 is 4.74 Å². The molecule has 0 amide bonds. The SMILES string of the molecule is CC(=O)c1ccc(NS(=O)(=O)CC2CCCO2)cc1. The summed E-state index contributed by atoms with van der Waals surface area (Å²) in [5.74, 6) is -0.0738. The molecule has 1 heterocycles. The molecule has 0 saturated carbocycles. The number of benzene rings is 1. The van der Waals surface area contributed by atoms with E-state index in [-0.39, 0.29) is 17.6 Å². The maximum Gasteiger partial charge on any atom is 0.235 e. The molecule has 2 rings (SSSR count). The number of hydrogen-bond donors (Lipinski definition) is 1. The second kappa shape index (κ2) is 5.71. The van der Waals surface area contributed by atoms with Gasteiger partial charge in [0, 0.05) is 17.9 Å². The number of ether oxygens (including phenoxy) is 1. The Morgan fingerprint density at radius 3 is 2.58 bits per heavy atom. The molecule has 1 atom stereocenters. The minimum Gasteiger partial charge on any atom is -0.377 e. The summed E-state index contributed by atoms with van der Waals surface area (Å²) in [7, 11) is -3.41. The van der Waals surface area contributed by atoms with Crippen molar-refractivity contribution >= 4 is 21.5 Å². The predicted octanol–water partition coefficient (Wildman–Crippen LogP) is 1.81. The van der Waals surface area contributed by atoms with Crippen LogP contribution in [0.25, 0.3) is 0 Å². The Morgan fingerprint density at radius 2 is 2.05 bits per heavy atom. The normalized spacial score (nSPS) is 19.3. The van der Waals surface area contributed by atoms with E-state index in [2.05, 4.69) is 4.72 Å². The van der Waals surface area contributed by atoms with Crippen LogP contribution in [-0.2, 0) is 14.8 Å². The molecule has 1 unspecified atom stereocenters. The van der Waals surface area contributed by atoms with Crippen molar-refractivity contribution in [2.24, 2.45) is 0 Å². The highest BCUT2D eigenvalue weighted by atomic mass is 32.2. The Bertz CT molecular complexity index is 545. The molecule has 1 aliphatic heterocycles. The van der Waals surface area contributed by atoms with Crippen molar-refractivity contribution in [3.8, 4) is 0 Å². The van der Waals surface area contributed by atoms with E-state index in [1.165, 1.54) is 6.92 Å². The zero-order chi connectivity index (χ0) is 13.9. The standard InChI is InChI=1S/C13H17NO4S/c1-10(15)11-4-6-12(7-5-11)14-19(16,17)9-13-3-2-8-18-13/h4-7,13-14H,2-3,8-9H2,1H3. The van der Waals surface area contributed by atoms with Crippen LogP contribution in [0.1, 0.15) is 30.1 Å². The molecule has 1 aliphatic rings. The molecule has 104 valence electrons. The second-order valence-corrected chi connectivity index (χ2v) is 6.42. The first-order chi connectivity index (χ1) is 8.96. The fourth-order valence-corrected chi connectivity index (χ4v) is 3.35. The molecule has 0 aliphatic carbocycles. The van der Waals surface area contributed by atoms with Crippen molar-refractivity contribution in [3.63, 3.8) is 0 Å². The summed E-state index contributed by atoms with van der Waals surface area (Å²) in [6.07, 6.45) is 1.48. The van der Waals surface area contributed by atoms with Crippen LogP contribution >= 0.6 is 0 Å². The van der Waals surface area contributed by atoms with Crippen LogP contribution in [0.2, 0.25) is 0 Å². The third-order valence-electron chi connectivity index (χ3n) is 2.99. The molecule has 1 aromatic carbocycles. The number of Topliss-reactive ketones (excluding diaryl/α,β-unsaturated/α-hetero) is 1. The molecule has 6 heteroatoms. The van der Waals surface area contributed by atoms with Gasteiger partial charge in [0.15, 0.2) is 5.78 Å². The van der Waals surface area contributed by atoms with Crippen molar-refractivity contribution in [1.82, 2.24) is 0 Å². The Morgan fingerprint density at radius 1 is 1.37 bits per heavy atom. The summed E-state index contributed by atoms with van der Waals surface area (Å²) in [5, 5.41) is 0. The molecule has 0 aromatic heterocycles. The van der Waals surface area contributed by atoms with Crippen LogP contribution in [0.5, 0.6) is 0 Å². The third-order valence-corrected chi connectivity index (χ3v) is 4.35. The Kier molecular flexibility index (Phi) is 4.21. The maximum atomic E-state index is 11.9. The van der Waals surface area contributed by atoms with Gasteiger partial charge in [-0.1, -0.05) is 0 Å². The monoisotopic (exact) mass is 283 g/mol. The molecule has 5 nitrogen and oxygen atoms in total. The molecule has 0 bridgehead atoms. The average molecular weight is 283 g/mol. The van der Waals surface area contributed by atoms with Gasteiger partial charge in [-0.15, -0.1) is 0 Å². The number of carbonyl (C=O) groups excluding carboxylic acids is 1. The van der Waals surface area contributed by atoms with Gasteiger partial charge in [-0.2, -0.15) is 0 Å². The first kappa shape index (κ1) is 14.0. The molecule has 1 saturated heterocycles. The fraction of sp³-hybridized carbons (Fsp3) is 0.462. The highest BCUT2D eigenvalue weighted by molar-refractivity contribution is 7.92. The van der Waals surface area contributed by atoms with Crippen LogP contribution in [0.3, 0.4) is 0 Å². The lowest BCUT2D eigenvalue weighted by atomic mass is 10.1. The van der Waals surface area contributed by atoms with E-state index < -0.39 is 10.0 Å². The summed E-state index contributed by atoms with van der Waals surface area (Å²) < 4.78 is 31.6. The summed E-state index contributed by atoms with van der Waals surface area (Å²) >= 11 is 0. The van der Waals surface area contributed by atoms with Crippen LogP contribution in [0.15, 0.2) is 24.3 Å². The van der Waals surface area contributed by atoms with E-state index in [0.717, 1.165) is 12.8 Å². The van der Waals surface area contributed by atoms with Gasteiger partial charge in [0.2, 0.25) is 10.0 Å². The lowest BCUT2D eigenvalue weighted by Gasteiger charge is -2.12. The van der Waals surface area contributed by atoms with Gasteiger partial charge in [-0.05, 0) is 44.0 Å². The smallest absolute Gasteiger partial charge is 0.235 e. The number of anilines is 1. The van der Waals surface area contributed by atoms with E-state index in [1.807, 2.05) is 0 Å². The maximum absolute atomic E-state index is 11.9. The summed E-state index contributed by atoms with van der Waals surface area (Å²) in [5.41, 5.74) is 1.02. The first-order valence-electron chi connectivity index (χ1n) is 6.19. The fourth-order valence-electron chi connectivity index (χ4n) is 2.01. The molecule has 1 N–H and O–H groups in total. The van der Waals surface area contributed by atoms with Crippen molar-refractivity contribution in [2.75, 3.05) is 17.1 Å². The zero-order valence-electron chi connectivity index (χ0n) is 10.8. The van der Waals surface area contributed by atoms with Gasteiger partial charge in [-0.25, -0.2) is 8.42 Å². The van der Waals surface area contributed by atoms with Crippen LogP contribution < -0.4 is 4.72 Å². The number of hydrogen-bond acceptors (Lipinski definition) is 4. The van der Waals surface area contributed by atoms with E-state index >= 15 is 0 Å². The van der Waals surface area contributed by atoms with Gasteiger partial charge in [0.05, 0.1) is 11.9 Å². The largest absolute Gasteiger partial charge is 0.377 e. The minimum atomic E-state index is -3.41. The average Bonchev–Trinajstić information content (AvgIpc) is 2.81. The van der Waals surface area contributed by atoms with Crippen LogP contribution in [0, 0.1) is 0 Å². The highest BCUT2D eigenvalue weighted by Gasteiger charge is 2.23. The summed E-state index contributed by atoms with van der Waals surface area (Å²) in [4.78, 5) is 11.1. The summed E-state index contributed by atoms with van der Waals surface area (Å²) in [6, 6.07) is 6.38. The number of rotatable bonds is 5. The van der Waals surface area contributed by atoms with Crippen LogP contribution in [0.4, 0.5) is 5.69 Å². The minimum absolute atomic E-state index is 0.0263. The van der Waals surface area contributed by atoms with Gasteiger partial charge in [0.1, 0.15) is 0 Å². The van der Waals surface area contributed by atoms with E-state index in [0.29, 0.717) is 17.9 Å². The molecule has 0 radical (unpaired) electrons. The van der Waals surface area contributed by atoms with Gasteiger partial charge >= 0.3 is 0 Å². The van der Waals surface area contributed by atoms with Crippen molar-refractivity contribution in [1.29, 1.82) is 0 Å². The Balaban J connectivity index is 2.00. The summed E-state index contributed by atoms with van der Waals surface area (Å²) in [6.45, 7) is 2.10. The lowest BCUT2D eigenvalue weighted by molar-refractivity contribution is 0.101.